The smallest absolute Gasteiger partial charge is 0.274 e. The van der Waals surface area contributed by atoms with Crippen LogP contribution in [0, 0.1) is 5.92 Å². The van der Waals surface area contributed by atoms with Crippen molar-refractivity contribution in [2.24, 2.45) is 5.92 Å². The second kappa shape index (κ2) is 7.93. The summed E-state index contributed by atoms with van der Waals surface area (Å²) in [7, 11) is 0. The van der Waals surface area contributed by atoms with Crippen LogP contribution in [0.3, 0.4) is 0 Å². The Hall–Kier alpha value is -2.38. The van der Waals surface area contributed by atoms with E-state index in [1.807, 2.05) is 17.0 Å². The lowest BCUT2D eigenvalue weighted by atomic mass is 9.97. The molecule has 2 fully saturated rings. The van der Waals surface area contributed by atoms with Gasteiger partial charge in [-0.25, -0.2) is 4.98 Å². The average Bonchev–Trinajstić information content (AvgIpc) is 2.69. The molecule has 3 heterocycles. The summed E-state index contributed by atoms with van der Waals surface area (Å²) < 4.78 is 0. The molecule has 2 aromatic rings. The Morgan fingerprint density at radius 3 is 2.43 bits per heavy atom. The molecule has 0 unspecified atom stereocenters. The molecule has 2 amide bonds. The number of hydrogen-bond donors (Lipinski definition) is 0. The first-order valence-electron chi connectivity index (χ1n) is 9.07. The summed E-state index contributed by atoms with van der Waals surface area (Å²) in [5, 5.41) is 1.07. The number of likely N-dealkylation sites (tertiary alicyclic amines) is 1. The highest BCUT2D eigenvalue weighted by molar-refractivity contribution is 6.43. The predicted molar refractivity (Wildman–Crippen MR) is 107 cm³/mol. The van der Waals surface area contributed by atoms with E-state index in [9.17, 15) is 9.59 Å². The topological polar surface area (TPSA) is 69.6 Å². The normalized spacial score (nSPS) is 17.4. The lowest BCUT2D eigenvalue weighted by molar-refractivity contribution is -0.140. The van der Waals surface area contributed by atoms with Gasteiger partial charge in [0.1, 0.15) is 5.69 Å². The predicted octanol–water partition coefficient (Wildman–Crippen LogP) is 2.20. The summed E-state index contributed by atoms with van der Waals surface area (Å²) in [6.45, 7) is 3.48. The Labute approximate surface area is 172 Å². The van der Waals surface area contributed by atoms with Gasteiger partial charge in [-0.15, -0.1) is 0 Å². The molecule has 0 saturated carbocycles. The largest absolute Gasteiger partial charge is 0.367 e. The van der Waals surface area contributed by atoms with Gasteiger partial charge in [-0.2, -0.15) is 0 Å². The van der Waals surface area contributed by atoms with Crippen LogP contribution >= 0.6 is 23.2 Å². The van der Waals surface area contributed by atoms with Gasteiger partial charge in [0.05, 0.1) is 27.8 Å². The summed E-state index contributed by atoms with van der Waals surface area (Å²) in [6.07, 6.45) is 4.45. The molecule has 1 aromatic heterocycles. The Morgan fingerprint density at radius 2 is 1.75 bits per heavy atom. The lowest BCUT2D eigenvalue weighted by Gasteiger charge is -2.43. The van der Waals surface area contributed by atoms with Crippen molar-refractivity contribution in [3.63, 3.8) is 0 Å². The fourth-order valence-electron chi connectivity index (χ4n) is 3.53. The third kappa shape index (κ3) is 3.64. The van der Waals surface area contributed by atoms with E-state index in [4.69, 9.17) is 23.2 Å². The van der Waals surface area contributed by atoms with Crippen LogP contribution in [0.5, 0.6) is 0 Å². The average molecular weight is 420 g/mol. The zero-order valence-electron chi connectivity index (χ0n) is 15.1. The molecule has 0 N–H and O–H groups in total. The van der Waals surface area contributed by atoms with Crippen LogP contribution in [-0.4, -0.2) is 70.9 Å². The highest BCUT2D eigenvalue weighted by Gasteiger charge is 2.39. The van der Waals surface area contributed by atoms with Crippen LogP contribution in [-0.2, 0) is 4.79 Å². The number of piperazine rings is 1. The summed E-state index contributed by atoms with van der Waals surface area (Å²) in [4.78, 5) is 38.6. The van der Waals surface area contributed by atoms with Crippen molar-refractivity contribution in [3.8, 4) is 0 Å². The van der Waals surface area contributed by atoms with Crippen molar-refractivity contribution >= 4 is 40.7 Å². The molecule has 2 aliphatic heterocycles. The number of rotatable bonds is 3. The van der Waals surface area contributed by atoms with E-state index in [1.54, 1.807) is 11.0 Å². The summed E-state index contributed by atoms with van der Waals surface area (Å²) >= 11 is 12.4. The molecule has 146 valence electrons. The fraction of sp³-hybridized carbons (Fsp3) is 0.368. The van der Waals surface area contributed by atoms with Gasteiger partial charge in [-0.1, -0.05) is 29.3 Å². The van der Waals surface area contributed by atoms with Crippen molar-refractivity contribution in [2.75, 3.05) is 44.2 Å². The van der Waals surface area contributed by atoms with Crippen molar-refractivity contribution in [1.82, 2.24) is 19.8 Å². The molecule has 2 aliphatic rings. The molecular formula is C19H19Cl2N5O2. The van der Waals surface area contributed by atoms with E-state index in [0.29, 0.717) is 55.0 Å². The summed E-state index contributed by atoms with van der Waals surface area (Å²) in [5.41, 5.74) is 1.20. The van der Waals surface area contributed by atoms with Crippen molar-refractivity contribution in [1.29, 1.82) is 0 Å². The standard InChI is InChI=1S/C19H19Cl2N5O2/c20-14-2-1-3-16(17(14)21)24-6-8-25(9-7-24)18(27)13-11-26(12-13)19(28)15-10-22-4-5-23-15/h1-5,10,13H,6-9,11-12H2. The molecule has 0 radical (unpaired) electrons. The Kier molecular flexibility index (Phi) is 5.37. The fourth-order valence-corrected chi connectivity index (χ4v) is 3.95. The molecule has 7 nitrogen and oxygen atoms in total. The molecule has 0 atom stereocenters. The van der Waals surface area contributed by atoms with Gasteiger partial charge in [0.2, 0.25) is 5.91 Å². The number of carbonyl (C=O) groups is 2. The lowest BCUT2D eigenvalue weighted by Crippen LogP contribution is -2.59. The number of carbonyl (C=O) groups excluding carboxylic acids is 2. The molecule has 28 heavy (non-hydrogen) atoms. The highest BCUT2D eigenvalue weighted by Crippen LogP contribution is 2.33. The van der Waals surface area contributed by atoms with Crippen LogP contribution in [0.2, 0.25) is 10.0 Å². The van der Waals surface area contributed by atoms with Crippen molar-refractivity contribution in [3.05, 3.63) is 52.5 Å². The van der Waals surface area contributed by atoms with E-state index in [2.05, 4.69) is 14.9 Å². The van der Waals surface area contributed by atoms with Gasteiger partial charge in [0.25, 0.3) is 5.91 Å². The second-order valence-corrected chi connectivity index (χ2v) is 7.67. The third-order valence-electron chi connectivity index (χ3n) is 5.16. The highest BCUT2D eigenvalue weighted by atomic mass is 35.5. The first-order chi connectivity index (χ1) is 13.5. The third-order valence-corrected chi connectivity index (χ3v) is 5.97. The minimum Gasteiger partial charge on any atom is -0.367 e. The molecule has 0 aliphatic carbocycles. The SMILES string of the molecule is O=C(c1cnccn1)N1CC(C(=O)N2CCN(c3cccc(Cl)c3Cl)CC2)C1. The van der Waals surface area contributed by atoms with E-state index >= 15 is 0 Å². The van der Waals surface area contributed by atoms with Gasteiger partial charge in [-0.05, 0) is 12.1 Å². The number of amides is 2. The van der Waals surface area contributed by atoms with Crippen molar-refractivity contribution in [2.45, 2.75) is 0 Å². The first-order valence-corrected chi connectivity index (χ1v) is 9.83. The minimum atomic E-state index is -0.183. The number of nitrogens with zero attached hydrogens (tertiary/aromatic N) is 5. The molecule has 9 heteroatoms. The Morgan fingerprint density at radius 1 is 1.00 bits per heavy atom. The Bertz CT molecular complexity index is 881. The maximum absolute atomic E-state index is 12.7. The van der Waals surface area contributed by atoms with Gasteiger partial charge >= 0.3 is 0 Å². The minimum absolute atomic E-state index is 0.0973. The van der Waals surface area contributed by atoms with E-state index in [1.165, 1.54) is 18.6 Å². The van der Waals surface area contributed by atoms with Crippen LogP contribution in [0.1, 0.15) is 10.5 Å². The number of benzene rings is 1. The first kappa shape index (κ1) is 19.0. The number of hydrogen-bond acceptors (Lipinski definition) is 5. The molecule has 4 rings (SSSR count). The van der Waals surface area contributed by atoms with Gasteiger partial charge in [0, 0.05) is 51.7 Å². The zero-order chi connectivity index (χ0) is 19.7. The van der Waals surface area contributed by atoms with Crippen LogP contribution in [0.15, 0.2) is 36.8 Å². The van der Waals surface area contributed by atoms with E-state index in [0.717, 1.165) is 5.69 Å². The molecule has 1 aromatic carbocycles. The quantitative estimate of drug-likeness (QED) is 0.762. The van der Waals surface area contributed by atoms with E-state index < -0.39 is 0 Å². The van der Waals surface area contributed by atoms with Crippen molar-refractivity contribution < 1.29 is 9.59 Å². The van der Waals surface area contributed by atoms with Crippen LogP contribution in [0.25, 0.3) is 0 Å². The Balaban J connectivity index is 1.29. The van der Waals surface area contributed by atoms with Gasteiger partial charge in [-0.3, -0.25) is 14.6 Å². The number of anilines is 1. The van der Waals surface area contributed by atoms with Gasteiger partial charge in [0.15, 0.2) is 0 Å². The molecule has 0 spiro atoms. The van der Waals surface area contributed by atoms with E-state index in [-0.39, 0.29) is 17.7 Å². The maximum Gasteiger partial charge on any atom is 0.274 e. The maximum atomic E-state index is 12.7. The molecule has 2 saturated heterocycles. The second-order valence-electron chi connectivity index (χ2n) is 6.88. The molecule has 0 bridgehead atoms. The molecular weight excluding hydrogens is 401 g/mol. The van der Waals surface area contributed by atoms with Gasteiger partial charge < -0.3 is 14.7 Å². The van der Waals surface area contributed by atoms with Crippen LogP contribution in [0.4, 0.5) is 5.69 Å². The summed E-state index contributed by atoms with van der Waals surface area (Å²) in [5.74, 6) is -0.237. The number of aromatic nitrogens is 2. The number of halogens is 2. The summed E-state index contributed by atoms with van der Waals surface area (Å²) in [6, 6.07) is 5.57. The zero-order valence-corrected chi connectivity index (χ0v) is 16.6. The monoisotopic (exact) mass is 419 g/mol. The van der Waals surface area contributed by atoms with Crippen LogP contribution < -0.4 is 4.90 Å².